The number of piperazine rings is 1. The van der Waals surface area contributed by atoms with E-state index in [0.29, 0.717) is 17.4 Å². The normalized spacial score (nSPS) is 13.5. The molecule has 1 aliphatic rings. The molecule has 0 saturated carbocycles. The third-order valence-corrected chi connectivity index (χ3v) is 4.82. The first-order chi connectivity index (χ1) is 14.0. The van der Waals surface area contributed by atoms with Gasteiger partial charge >= 0.3 is 0 Å². The molecule has 4 rings (SSSR count). The van der Waals surface area contributed by atoms with Crippen LogP contribution in [0.15, 0.2) is 49.3 Å². The topological polar surface area (TPSA) is 78.1 Å². The molecule has 1 aromatic carbocycles. The number of nitrogens with zero attached hydrogens (tertiary/aromatic N) is 2. The molecule has 0 spiro atoms. The van der Waals surface area contributed by atoms with Gasteiger partial charge in [0.25, 0.3) is 5.91 Å². The van der Waals surface area contributed by atoms with Crippen LogP contribution in [0.5, 0.6) is 0 Å². The van der Waals surface area contributed by atoms with Crippen molar-refractivity contribution in [2.24, 2.45) is 0 Å². The monoisotopic (exact) mass is 414 g/mol. The predicted octanol–water partition coefficient (Wildman–Crippen LogP) is 3.30. The average Bonchev–Trinajstić information content (AvgIpc) is 3.24. The highest BCUT2D eigenvalue weighted by Crippen LogP contribution is 2.28. The number of aldehydes is 1. The van der Waals surface area contributed by atoms with E-state index in [4.69, 9.17) is 11.6 Å². The van der Waals surface area contributed by atoms with Crippen LogP contribution in [0.2, 0.25) is 5.15 Å². The number of hydrogen-bond acceptors (Lipinski definition) is 4. The second kappa shape index (κ2) is 9.45. The average molecular weight is 415 g/mol. The zero-order valence-corrected chi connectivity index (χ0v) is 16.4. The molecule has 2 N–H and O–H groups in total. The van der Waals surface area contributed by atoms with Crippen LogP contribution in [0.3, 0.4) is 0 Å². The lowest BCUT2D eigenvalue weighted by molar-refractivity contribution is -0.103. The minimum absolute atomic E-state index is 0.145. The van der Waals surface area contributed by atoms with E-state index in [1.165, 1.54) is 6.20 Å². The fourth-order valence-corrected chi connectivity index (χ4v) is 3.22. The van der Waals surface area contributed by atoms with Crippen molar-refractivity contribution in [3.63, 3.8) is 0 Å². The Hall–Kier alpha value is -3.03. The molecule has 1 aliphatic heterocycles. The zero-order chi connectivity index (χ0) is 20.8. The zero-order valence-electron chi connectivity index (χ0n) is 15.6. The predicted molar refractivity (Wildman–Crippen MR) is 111 cm³/mol. The molecule has 0 unspecified atom stereocenters. The minimum Gasteiger partial charge on any atom is -0.358 e. The second-order valence-electron chi connectivity index (χ2n) is 6.40. The third kappa shape index (κ3) is 4.70. The molecular formula is C21H20ClFN4O2. The summed E-state index contributed by atoms with van der Waals surface area (Å²) < 4.78 is 13.5. The van der Waals surface area contributed by atoms with Crippen molar-refractivity contribution in [1.82, 2.24) is 20.2 Å². The molecule has 1 saturated heterocycles. The van der Waals surface area contributed by atoms with Gasteiger partial charge in [0, 0.05) is 54.5 Å². The van der Waals surface area contributed by atoms with Gasteiger partial charge in [0.05, 0.1) is 11.7 Å². The summed E-state index contributed by atoms with van der Waals surface area (Å²) in [5.41, 5.74) is 1.76. The number of rotatable bonds is 3. The van der Waals surface area contributed by atoms with Gasteiger partial charge in [0.15, 0.2) is 11.0 Å². The number of aromatic amines is 1. The number of H-pyrrole nitrogens is 1. The van der Waals surface area contributed by atoms with Crippen LogP contribution in [0, 0.1) is 5.82 Å². The van der Waals surface area contributed by atoms with E-state index >= 15 is 0 Å². The number of fused-ring (bicyclic) bond motifs is 1. The third-order valence-electron chi connectivity index (χ3n) is 4.53. The smallest absolute Gasteiger partial charge is 0.253 e. The summed E-state index contributed by atoms with van der Waals surface area (Å²) in [5, 5.41) is 3.63. The summed E-state index contributed by atoms with van der Waals surface area (Å²) >= 11 is 5.76. The maximum Gasteiger partial charge on any atom is 0.253 e. The lowest BCUT2D eigenvalue weighted by Crippen LogP contribution is -2.46. The molecule has 0 aliphatic carbocycles. The SMILES string of the molecule is C=C(C=O)c1c[nH]c2c(Cl)ncc(F)c12.O=C(c1ccccc1)N1CCNCC1. The number of pyridine rings is 1. The van der Waals surface area contributed by atoms with Gasteiger partial charge in [-0.3, -0.25) is 9.59 Å². The van der Waals surface area contributed by atoms with Crippen molar-refractivity contribution in [3.05, 3.63) is 71.4 Å². The van der Waals surface area contributed by atoms with Gasteiger partial charge in [-0.25, -0.2) is 9.37 Å². The summed E-state index contributed by atoms with van der Waals surface area (Å²) in [4.78, 5) is 30.8. The van der Waals surface area contributed by atoms with Gasteiger partial charge in [0.1, 0.15) is 6.29 Å². The summed E-state index contributed by atoms with van der Waals surface area (Å²) in [6.07, 6.45) is 3.06. The first-order valence-corrected chi connectivity index (χ1v) is 9.41. The van der Waals surface area contributed by atoms with Gasteiger partial charge in [-0.15, -0.1) is 0 Å². The Kier molecular flexibility index (Phi) is 6.74. The highest BCUT2D eigenvalue weighted by molar-refractivity contribution is 6.34. The minimum atomic E-state index is -0.534. The maximum absolute atomic E-state index is 13.5. The number of halogens is 2. The summed E-state index contributed by atoms with van der Waals surface area (Å²) in [5.74, 6) is -0.388. The number of aromatic nitrogens is 2. The molecule has 6 nitrogen and oxygen atoms in total. The summed E-state index contributed by atoms with van der Waals surface area (Å²) in [6, 6.07) is 9.45. The molecule has 1 amide bonds. The lowest BCUT2D eigenvalue weighted by atomic mass is 10.1. The van der Waals surface area contributed by atoms with Gasteiger partial charge in [-0.2, -0.15) is 0 Å². The van der Waals surface area contributed by atoms with Crippen LogP contribution in [0.25, 0.3) is 16.5 Å². The first kappa shape index (κ1) is 20.7. The molecule has 0 radical (unpaired) electrons. The Bertz CT molecular complexity index is 1030. The van der Waals surface area contributed by atoms with Gasteiger partial charge in [-0.1, -0.05) is 36.4 Å². The largest absolute Gasteiger partial charge is 0.358 e. The van der Waals surface area contributed by atoms with Crippen molar-refractivity contribution in [1.29, 1.82) is 0 Å². The molecule has 150 valence electrons. The number of carbonyl (C=O) groups is 2. The van der Waals surface area contributed by atoms with E-state index in [0.717, 1.165) is 37.9 Å². The van der Waals surface area contributed by atoms with Crippen LogP contribution in [-0.4, -0.2) is 53.2 Å². The number of allylic oxidation sites excluding steroid dienone is 1. The summed E-state index contributed by atoms with van der Waals surface area (Å²) in [7, 11) is 0. The van der Waals surface area contributed by atoms with E-state index in [2.05, 4.69) is 21.9 Å². The Labute approximate surface area is 172 Å². The van der Waals surface area contributed by atoms with E-state index in [9.17, 15) is 14.0 Å². The molecular weight excluding hydrogens is 395 g/mol. The van der Waals surface area contributed by atoms with Gasteiger partial charge in [0.2, 0.25) is 0 Å². The van der Waals surface area contributed by atoms with Crippen molar-refractivity contribution in [2.45, 2.75) is 0 Å². The van der Waals surface area contributed by atoms with Crippen molar-refractivity contribution in [3.8, 4) is 0 Å². The fraction of sp³-hybridized carbons (Fsp3) is 0.190. The fourth-order valence-electron chi connectivity index (χ4n) is 3.02. The molecule has 0 bridgehead atoms. The number of hydrogen-bond donors (Lipinski definition) is 2. The van der Waals surface area contributed by atoms with E-state index in [-0.39, 0.29) is 22.0 Å². The van der Waals surface area contributed by atoms with Crippen LogP contribution in [0.4, 0.5) is 4.39 Å². The molecule has 1 fully saturated rings. The highest BCUT2D eigenvalue weighted by Gasteiger charge is 2.17. The Balaban J connectivity index is 0.000000166. The number of nitrogens with one attached hydrogen (secondary N) is 2. The number of benzene rings is 1. The van der Waals surface area contributed by atoms with Crippen molar-refractivity contribution >= 4 is 40.3 Å². The molecule has 3 aromatic rings. The van der Waals surface area contributed by atoms with Crippen LogP contribution >= 0.6 is 11.6 Å². The van der Waals surface area contributed by atoms with Crippen molar-refractivity contribution < 1.29 is 14.0 Å². The maximum atomic E-state index is 13.5. The molecule has 29 heavy (non-hydrogen) atoms. The van der Waals surface area contributed by atoms with Crippen LogP contribution in [0.1, 0.15) is 15.9 Å². The highest BCUT2D eigenvalue weighted by atomic mass is 35.5. The molecule has 8 heteroatoms. The number of amides is 1. The molecule has 3 heterocycles. The number of carbonyl (C=O) groups excluding carboxylic acids is 2. The quantitative estimate of drug-likeness (QED) is 0.391. The Morgan fingerprint density at radius 2 is 1.93 bits per heavy atom. The van der Waals surface area contributed by atoms with Crippen LogP contribution < -0.4 is 5.32 Å². The van der Waals surface area contributed by atoms with Crippen LogP contribution in [-0.2, 0) is 4.79 Å². The van der Waals surface area contributed by atoms with E-state index < -0.39 is 5.82 Å². The summed E-state index contributed by atoms with van der Waals surface area (Å²) in [6.45, 7) is 6.95. The molecule has 0 atom stereocenters. The Morgan fingerprint density at radius 1 is 1.24 bits per heavy atom. The molecule has 2 aromatic heterocycles. The lowest BCUT2D eigenvalue weighted by Gasteiger charge is -2.27. The van der Waals surface area contributed by atoms with E-state index in [1.54, 1.807) is 0 Å². The first-order valence-electron chi connectivity index (χ1n) is 9.03. The Morgan fingerprint density at radius 3 is 2.59 bits per heavy atom. The second-order valence-corrected chi connectivity index (χ2v) is 6.76. The van der Waals surface area contributed by atoms with Gasteiger partial charge in [-0.05, 0) is 12.1 Å². The van der Waals surface area contributed by atoms with E-state index in [1.807, 2.05) is 35.2 Å². The standard InChI is InChI=1S/C11H14N2O.C10H6ClFN2O/c14-11(10-4-2-1-3-5-10)13-8-6-12-7-9-13;1-5(4-15)6-2-13-9-8(6)7(12)3-14-10(9)11/h1-5,12H,6-9H2;2-4,13H,1H2. The van der Waals surface area contributed by atoms with Crippen molar-refractivity contribution in [2.75, 3.05) is 26.2 Å². The van der Waals surface area contributed by atoms with Gasteiger partial charge < -0.3 is 15.2 Å².